The molecule has 1 saturated heterocycles. The van der Waals surface area contributed by atoms with Gasteiger partial charge in [0.25, 0.3) is 0 Å². The van der Waals surface area contributed by atoms with Gasteiger partial charge in [0.15, 0.2) is 5.78 Å². The molecule has 1 aromatic rings. The SMILES string of the molecule is CCOCC1C=CC=C(C2COCC(C(=O)c3ccccc3)O2)C1. The second-order valence-electron chi connectivity index (χ2n) is 6.13. The highest BCUT2D eigenvalue weighted by Crippen LogP contribution is 2.27. The Hall–Kier alpha value is -1.75. The van der Waals surface area contributed by atoms with Gasteiger partial charge in [-0.1, -0.05) is 48.6 Å². The van der Waals surface area contributed by atoms with E-state index in [9.17, 15) is 4.79 Å². The molecule has 128 valence electrons. The highest BCUT2D eigenvalue weighted by atomic mass is 16.6. The lowest BCUT2D eigenvalue weighted by Gasteiger charge is -2.32. The number of hydrogen-bond donors (Lipinski definition) is 0. The summed E-state index contributed by atoms with van der Waals surface area (Å²) in [4.78, 5) is 12.6. The van der Waals surface area contributed by atoms with Gasteiger partial charge in [-0.3, -0.25) is 4.79 Å². The van der Waals surface area contributed by atoms with Gasteiger partial charge in [0.05, 0.1) is 19.8 Å². The molecule has 4 nitrogen and oxygen atoms in total. The standard InChI is InChI=1S/C20H24O4/c1-2-22-12-15-7-6-10-17(11-15)18-13-23-14-19(24-18)20(21)16-8-4-3-5-9-16/h3-10,15,18-19H,2,11-14H2,1H3. The highest BCUT2D eigenvalue weighted by molar-refractivity contribution is 5.99. The highest BCUT2D eigenvalue weighted by Gasteiger charge is 2.32. The summed E-state index contributed by atoms with van der Waals surface area (Å²) >= 11 is 0. The van der Waals surface area contributed by atoms with Crippen LogP contribution in [0.25, 0.3) is 0 Å². The van der Waals surface area contributed by atoms with Crippen LogP contribution in [0.3, 0.4) is 0 Å². The minimum atomic E-state index is -0.539. The molecule has 0 bridgehead atoms. The Morgan fingerprint density at radius 1 is 1.25 bits per heavy atom. The van der Waals surface area contributed by atoms with Crippen LogP contribution in [0.4, 0.5) is 0 Å². The van der Waals surface area contributed by atoms with Gasteiger partial charge in [-0.15, -0.1) is 0 Å². The first kappa shape index (κ1) is 17.1. The van der Waals surface area contributed by atoms with Crippen molar-refractivity contribution in [1.29, 1.82) is 0 Å². The number of ketones is 1. The van der Waals surface area contributed by atoms with E-state index in [-0.39, 0.29) is 11.9 Å². The molecule has 1 aliphatic heterocycles. The maximum atomic E-state index is 12.6. The third-order valence-corrected chi connectivity index (χ3v) is 4.36. The van der Waals surface area contributed by atoms with Crippen LogP contribution in [0.5, 0.6) is 0 Å². The van der Waals surface area contributed by atoms with E-state index < -0.39 is 6.10 Å². The Labute approximate surface area is 143 Å². The first-order valence-electron chi connectivity index (χ1n) is 8.55. The molecule has 3 unspecified atom stereocenters. The third-order valence-electron chi connectivity index (χ3n) is 4.36. The van der Waals surface area contributed by atoms with Gasteiger partial charge in [0.1, 0.15) is 12.2 Å². The van der Waals surface area contributed by atoms with Gasteiger partial charge >= 0.3 is 0 Å². The Balaban J connectivity index is 1.62. The van der Waals surface area contributed by atoms with E-state index in [1.807, 2.05) is 37.3 Å². The summed E-state index contributed by atoms with van der Waals surface area (Å²) in [5.41, 5.74) is 1.84. The van der Waals surface area contributed by atoms with Crippen molar-refractivity contribution in [1.82, 2.24) is 0 Å². The number of ether oxygens (including phenoxy) is 3. The zero-order valence-electron chi connectivity index (χ0n) is 14.0. The minimum Gasteiger partial charge on any atom is -0.381 e. The molecular formula is C20H24O4. The van der Waals surface area contributed by atoms with Gasteiger partial charge in [0, 0.05) is 18.1 Å². The Morgan fingerprint density at radius 3 is 2.88 bits per heavy atom. The Morgan fingerprint density at radius 2 is 2.08 bits per heavy atom. The predicted molar refractivity (Wildman–Crippen MR) is 92.1 cm³/mol. The number of allylic oxidation sites excluding steroid dienone is 2. The normalized spacial score (nSPS) is 26.9. The van der Waals surface area contributed by atoms with Crippen molar-refractivity contribution in [2.45, 2.75) is 25.6 Å². The van der Waals surface area contributed by atoms with Crippen molar-refractivity contribution >= 4 is 5.78 Å². The van der Waals surface area contributed by atoms with E-state index in [1.54, 1.807) is 0 Å². The third kappa shape index (κ3) is 4.20. The first-order valence-corrected chi connectivity index (χ1v) is 8.55. The van der Waals surface area contributed by atoms with Gasteiger partial charge in [-0.05, 0) is 18.9 Å². The number of hydrogen-bond acceptors (Lipinski definition) is 4. The first-order chi connectivity index (χ1) is 11.8. The number of carbonyl (C=O) groups excluding carboxylic acids is 1. The average Bonchev–Trinajstić information content (AvgIpc) is 2.67. The largest absolute Gasteiger partial charge is 0.381 e. The fourth-order valence-electron chi connectivity index (χ4n) is 3.08. The van der Waals surface area contributed by atoms with Crippen LogP contribution in [0.15, 0.2) is 54.1 Å². The summed E-state index contributed by atoms with van der Waals surface area (Å²) in [5, 5.41) is 0. The molecule has 4 heteroatoms. The molecule has 1 heterocycles. The summed E-state index contributed by atoms with van der Waals surface area (Å²) < 4.78 is 17.3. The van der Waals surface area contributed by atoms with Gasteiger partial charge in [-0.2, -0.15) is 0 Å². The quantitative estimate of drug-likeness (QED) is 0.752. The Kier molecular flexibility index (Phi) is 5.96. The van der Waals surface area contributed by atoms with Crippen molar-refractivity contribution in [2.24, 2.45) is 5.92 Å². The second kappa shape index (κ2) is 8.38. The van der Waals surface area contributed by atoms with E-state index in [0.717, 1.165) is 13.0 Å². The van der Waals surface area contributed by atoms with Crippen LogP contribution in [0, 0.1) is 5.92 Å². The zero-order chi connectivity index (χ0) is 16.8. The molecule has 24 heavy (non-hydrogen) atoms. The summed E-state index contributed by atoms with van der Waals surface area (Å²) in [7, 11) is 0. The molecule has 3 atom stereocenters. The number of rotatable bonds is 6. The summed E-state index contributed by atoms with van der Waals surface area (Å²) in [6.45, 7) is 4.25. The van der Waals surface area contributed by atoms with Crippen LogP contribution < -0.4 is 0 Å². The zero-order valence-corrected chi connectivity index (χ0v) is 14.0. The number of benzene rings is 1. The molecule has 0 amide bonds. The van der Waals surface area contributed by atoms with Crippen molar-refractivity contribution < 1.29 is 19.0 Å². The van der Waals surface area contributed by atoms with Gasteiger partial charge in [0.2, 0.25) is 0 Å². The maximum absolute atomic E-state index is 12.6. The van der Waals surface area contributed by atoms with Crippen molar-refractivity contribution in [3.05, 3.63) is 59.7 Å². The molecule has 0 N–H and O–H groups in total. The predicted octanol–water partition coefficient (Wildman–Crippen LogP) is 3.19. The lowest BCUT2D eigenvalue weighted by atomic mass is 9.91. The minimum absolute atomic E-state index is 0.0156. The molecule has 0 spiro atoms. The fourth-order valence-corrected chi connectivity index (χ4v) is 3.08. The van der Waals surface area contributed by atoms with Crippen LogP contribution >= 0.6 is 0 Å². The molecule has 1 fully saturated rings. The van der Waals surface area contributed by atoms with Crippen LogP contribution in [0.2, 0.25) is 0 Å². The molecule has 2 aliphatic rings. The van der Waals surface area contributed by atoms with Crippen LogP contribution in [-0.4, -0.2) is 44.4 Å². The summed E-state index contributed by atoms with van der Waals surface area (Å²) in [6.07, 6.45) is 6.47. The molecule has 0 aromatic heterocycles. The molecule has 0 saturated carbocycles. The summed E-state index contributed by atoms with van der Waals surface area (Å²) in [6, 6.07) is 9.25. The monoisotopic (exact) mass is 328 g/mol. The molecule has 1 aliphatic carbocycles. The van der Waals surface area contributed by atoms with E-state index in [0.29, 0.717) is 31.3 Å². The maximum Gasteiger partial charge on any atom is 0.193 e. The van der Waals surface area contributed by atoms with Crippen molar-refractivity contribution in [3.63, 3.8) is 0 Å². The Bertz CT molecular complexity index is 605. The number of Topliss-reactive ketones (excluding diaryl/α,β-unsaturated/α-hetero) is 1. The molecule has 1 aromatic carbocycles. The van der Waals surface area contributed by atoms with Crippen molar-refractivity contribution in [2.75, 3.05) is 26.4 Å². The van der Waals surface area contributed by atoms with Gasteiger partial charge in [-0.25, -0.2) is 0 Å². The lowest BCUT2D eigenvalue weighted by Crippen LogP contribution is -2.42. The number of carbonyl (C=O) groups is 1. The smallest absolute Gasteiger partial charge is 0.193 e. The van der Waals surface area contributed by atoms with E-state index in [4.69, 9.17) is 14.2 Å². The van der Waals surface area contributed by atoms with Crippen LogP contribution in [0.1, 0.15) is 23.7 Å². The van der Waals surface area contributed by atoms with E-state index in [1.165, 1.54) is 5.57 Å². The lowest BCUT2D eigenvalue weighted by molar-refractivity contribution is -0.108. The second-order valence-corrected chi connectivity index (χ2v) is 6.13. The average molecular weight is 328 g/mol. The summed E-state index contributed by atoms with van der Waals surface area (Å²) in [5.74, 6) is 0.344. The van der Waals surface area contributed by atoms with E-state index >= 15 is 0 Å². The fraction of sp³-hybridized carbons (Fsp3) is 0.450. The molecule has 0 radical (unpaired) electrons. The molecule has 3 rings (SSSR count). The van der Waals surface area contributed by atoms with Crippen LogP contribution in [-0.2, 0) is 14.2 Å². The molecular weight excluding hydrogens is 304 g/mol. The van der Waals surface area contributed by atoms with Crippen molar-refractivity contribution in [3.8, 4) is 0 Å². The van der Waals surface area contributed by atoms with E-state index in [2.05, 4.69) is 18.2 Å². The van der Waals surface area contributed by atoms with Gasteiger partial charge < -0.3 is 14.2 Å². The topological polar surface area (TPSA) is 44.8 Å².